The van der Waals surface area contributed by atoms with E-state index in [1.165, 1.54) is 27.5 Å². The molecule has 0 fully saturated rings. The number of pyridine rings is 1. The van der Waals surface area contributed by atoms with E-state index in [-0.39, 0.29) is 0 Å². The minimum Gasteiger partial charge on any atom is -0.264 e. The third-order valence-corrected chi connectivity index (χ3v) is 3.94. The maximum absolute atomic E-state index is 4.19. The lowest BCUT2D eigenvalue weighted by molar-refractivity contribution is 1.33. The molecule has 3 aromatic carbocycles. The van der Waals surface area contributed by atoms with Crippen molar-refractivity contribution < 1.29 is 0 Å². The van der Waals surface area contributed by atoms with Gasteiger partial charge in [0, 0.05) is 18.0 Å². The molecule has 0 aliphatic heterocycles. The Morgan fingerprint density at radius 1 is 0.500 bits per heavy atom. The van der Waals surface area contributed by atoms with Crippen LogP contribution in [0.3, 0.4) is 0 Å². The van der Waals surface area contributed by atoms with Crippen molar-refractivity contribution in [3.8, 4) is 22.3 Å². The van der Waals surface area contributed by atoms with E-state index in [4.69, 9.17) is 0 Å². The largest absolute Gasteiger partial charge is 0.264 e. The summed E-state index contributed by atoms with van der Waals surface area (Å²) in [6.07, 6.45) is 3.70. The molecule has 0 saturated heterocycles. The molecule has 0 spiro atoms. The van der Waals surface area contributed by atoms with Crippen LogP contribution in [-0.2, 0) is 0 Å². The Morgan fingerprint density at radius 2 is 1.14 bits per heavy atom. The standard InChI is InChI=1S/C21H15N/c1-2-5-16(6-3-1)17-8-9-19-14-20(11-10-18(19)13-17)21-7-4-12-22-15-21/h1-15H. The van der Waals surface area contributed by atoms with E-state index in [2.05, 4.69) is 71.7 Å². The number of rotatable bonds is 2. The SMILES string of the molecule is c1ccc(-c2ccc3cc(-c4cccnc4)ccc3c2)cc1. The molecule has 0 atom stereocenters. The average Bonchev–Trinajstić information content (AvgIpc) is 2.62. The average molecular weight is 281 g/mol. The van der Waals surface area contributed by atoms with E-state index in [0.717, 1.165) is 5.56 Å². The van der Waals surface area contributed by atoms with Gasteiger partial charge in [-0.3, -0.25) is 4.98 Å². The highest BCUT2D eigenvalue weighted by atomic mass is 14.6. The van der Waals surface area contributed by atoms with Gasteiger partial charge in [-0.05, 0) is 45.7 Å². The van der Waals surface area contributed by atoms with Crippen LogP contribution in [0.25, 0.3) is 33.0 Å². The Hall–Kier alpha value is -2.93. The van der Waals surface area contributed by atoms with Crippen LogP contribution in [0.4, 0.5) is 0 Å². The fourth-order valence-electron chi connectivity index (χ4n) is 2.77. The molecule has 1 aromatic heterocycles. The van der Waals surface area contributed by atoms with Crippen LogP contribution in [0.5, 0.6) is 0 Å². The molecular weight excluding hydrogens is 266 g/mol. The zero-order valence-corrected chi connectivity index (χ0v) is 12.1. The highest BCUT2D eigenvalue weighted by Gasteiger charge is 2.02. The van der Waals surface area contributed by atoms with Crippen LogP contribution < -0.4 is 0 Å². The molecule has 1 nitrogen and oxygen atoms in total. The molecule has 4 aromatic rings. The summed E-state index contributed by atoms with van der Waals surface area (Å²) in [7, 11) is 0. The lowest BCUT2D eigenvalue weighted by Gasteiger charge is -2.07. The third-order valence-electron chi connectivity index (χ3n) is 3.94. The highest BCUT2D eigenvalue weighted by molar-refractivity contribution is 5.90. The summed E-state index contributed by atoms with van der Waals surface area (Å²) in [6, 6.07) is 27.7. The third kappa shape index (κ3) is 2.38. The monoisotopic (exact) mass is 281 g/mol. The molecule has 0 aliphatic rings. The molecule has 1 heterocycles. The predicted octanol–water partition coefficient (Wildman–Crippen LogP) is 5.57. The van der Waals surface area contributed by atoms with Crippen molar-refractivity contribution >= 4 is 10.8 Å². The van der Waals surface area contributed by atoms with Gasteiger partial charge in [0.1, 0.15) is 0 Å². The van der Waals surface area contributed by atoms with Gasteiger partial charge in [0.25, 0.3) is 0 Å². The van der Waals surface area contributed by atoms with Gasteiger partial charge in [-0.25, -0.2) is 0 Å². The Balaban J connectivity index is 1.80. The quantitative estimate of drug-likeness (QED) is 0.468. The van der Waals surface area contributed by atoms with Gasteiger partial charge in [0.15, 0.2) is 0 Å². The van der Waals surface area contributed by atoms with Crippen LogP contribution in [0.1, 0.15) is 0 Å². The minimum atomic E-state index is 1.15. The van der Waals surface area contributed by atoms with Gasteiger partial charge < -0.3 is 0 Å². The van der Waals surface area contributed by atoms with Gasteiger partial charge in [-0.1, -0.05) is 60.7 Å². The van der Waals surface area contributed by atoms with Crippen LogP contribution in [0.2, 0.25) is 0 Å². The first-order valence-electron chi connectivity index (χ1n) is 7.40. The highest BCUT2D eigenvalue weighted by Crippen LogP contribution is 2.28. The fraction of sp³-hybridized carbons (Fsp3) is 0. The molecule has 0 aliphatic carbocycles. The first kappa shape index (κ1) is 12.8. The summed E-state index contributed by atoms with van der Waals surface area (Å²) in [5.74, 6) is 0. The second kappa shape index (κ2) is 5.45. The summed E-state index contributed by atoms with van der Waals surface area (Å²) >= 11 is 0. The van der Waals surface area contributed by atoms with E-state index in [1.807, 2.05) is 18.3 Å². The zero-order chi connectivity index (χ0) is 14.8. The lowest BCUT2D eigenvalue weighted by atomic mass is 9.98. The Kier molecular flexibility index (Phi) is 3.17. The topological polar surface area (TPSA) is 12.9 Å². The maximum atomic E-state index is 4.19. The minimum absolute atomic E-state index is 1.15. The molecule has 22 heavy (non-hydrogen) atoms. The second-order valence-corrected chi connectivity index (χ2v) is 5.38. The van der Waals surface area contributed by atoms with E-state index < -0.39 is 0 Å². The summed E-state index contributed by atoms with van der Waals surface area (Å²) in [5, 5.41) is 2.51. The van der Waals surface area contributed by atoms with Crippen molar-refractivity contribution in [3.63, 3.8) is 0 Å². The van der Waals surface area contributed by atoms with Crippen molar-refractivity contribution in [2.45, 2.75) is 0 Å². The summed E-state index contributed by atoms with van der Waals surface area (Å²) in [6.45, 7) is 0. The van der Waals surface area contributed by atoms with Crippen molar-refractivity contribution in [3.05, 3.63) is 91.3 Å². The van der Waals surface area contributed by atoms with Crippen molar-refractivity contribution in [1.29, 1.82) is 0 Å². The summed E-state index contributed by atoms with van der Waals surface area (Å²) in [4.78, 5) is 4.19. The zero-order valence-electron chi connectivity index (χ0n) is 12.1. The predicted molar refractivity (Wildman–Crippen MR) is 92.6 cm³/mol. The number of hydrogen-bond acceptors (Lipinski definition) is 1. The van der Waals surface area contributed by atoms with Gasteiger partial charge in [0.2, 0.25) is 0 Å². The van der Waals surface area contributed by atoms with E-state index in [0.29, 0.717) is 0 Å². The van der Waals surface area contributed by atoms with Crippen LogP contribution in [0, 0.1) is 0 Å². The van der Waals surface area contributed by atoms with Crippen molar-refractivity contribution in [2.24, 2.45) is 0 Å². The van der Waals surface area contributed by atoms with E-state index >= 15 is 0 Å². The van der Waals surface area contributed by atoms with Gasteiger partial charge >= 0.3 is 0 Å². The molecule has 0 saturated carbocycles. The molecule has 0 amide bonds. The Morgan fingerprint density at radius 3 is 1.77 bits per heavy atom. The number of aromatic nitrogens is 1. The molecule has 1 heteroatoms. The fourth-order valence-corrected chi connectivity index (χ4v) is 2.77. The van der Waals surface area contributed by atoms with Crippen molar-refractivity contribution in [2.75, 3.05) is 0 Å². The Bertz CT molecular complexity index is 833. The molecular formula is C21H15N. The molecule has 4 rings (SSSR count). The Labute approximate surface area is 129 Å². The second-order valence-electron chi connectivity index (χ2n) is 5.38. The molecule has 0 radical (unpaired) electrons. The van der Waals surface area contributed by atoms with Crippen LogP contribution >= 0.6 is 0 Å². The molecule has 0 bridgehead atoms. The molecule has 0 unspecified atom stereocenters. The number of fused-ring (bicyclic) bond motifs is 1. The maximum Gasteiger partial charge on any atom is 0.0346 e. The number of benzene rings is 3. The van der Waals surface area contributed by atoms with E-state index in [9.17, 15) is 0 Å². The van der Waals surface area contributed by atoms with E-state index in [1.54, 1.807) is 6.20 Å². The first-order valence-corrected chi connectivity index (χ1v) is 7.40. The number of nitrogens with zero attached hydrogens (tertiary/aromatic N) is 1. The van der Waals surface area contributed by atoms with Gasteiger partial charge in [-0.2, -0.15) is 0 Å². The lowest BCUT2D eigenvalue weighted by Crippen LogP contribution is -1.82. The summed E-state index contributed by atoms with van der Waals surface area (Å²) in [5.41, 5.74) is 4.85. The smallest absolute Gasteiger partial charge is 0.0346 e. The number of hydrogen-bond donors (Lipinski definition) is 0. The first-order chi connectivity index (χ1) is 10.9. The van der Waals surface area contributed by atoms with Crippen LogP contribution in [-0.4, -0.2) is 4.98 Å². The van der Waals surface area contributed by atoms with Gasteiger partial charge in [-0.15, -0.1) is 0 Å². The van der Waals surface area contributed by atoms with Crippen LogP contribution in [0.15, 0.2) is 91.3 Å². The van der Waals surface area contributed by atoms with Crippen molar-refractivity contribution in [1.82, 2.24) is 4.98 Å². The molecule has 0 N–H and O–H groups in total. The molecule has 104 valence electrons. The summed E-state index contributed by atoms with van der Waals surface area (Å²) < 4.78 is 0. The van der Waals surface area contributed by atoms with Gasteiger partial charge in [0.05, 0.1) is 0 Å². The normalized spacial score (nSPS) is 10.7.